The highest BCUT2D eigenvalue weighted by Gasteiger charge is 2.08. The van der Waals surface area contributed by atoms with E-state index in [9.17, 15) is 0 Å². The minimum atomic E-state index is 0.508. The Bertz CT molecular complexity index is 1040. The molecule has 2 aromatic carbocycles. The highest BCUT2D eigenvalue weighted by molar-refractivity contribution is 5.80. The van der Waals surface area contributed by atoms with E-state index < -0.39 is 0 Å². The summed E-state index contributed by atoms with van der Waals surface area (Å²) in [7, 11) is 1.64. The lowest BCUT2D eigenvalue weighted by Crippen LogP contribution is -2.02. The summed E-state index contributed by atoms with van der Waals surface area (Å²) in [6.07, 6.45) is 3.19. The third-order valence-electron chi connectivity index (χ3n) is 3.83. The molecule has 4 aromatic rings. The number of benzene rings is 2. The third kappa shape index (κ3) is 3.23. The van der Waals surface area contributed by atoms with E-state index >= 15 is 0 Å². The molecule has 7 nitrogen and oxygen atoms in total. The van der Waals surface area contributed by atoms with Crippen molar-refractivity contribution in [2.24, 2.45) is 5.10 Å². The first-order valence-electron chi connectivity index (χ1n) is 8.03. The van der Waals surface area contributed by atoms with Gasteiger partial charge in [0.2, 0.25) is 0 Å². The molecule has 0 atom stereocenters. The van der Waals surface area contributed by atoms with Gasteiger partial charge in [-0.05, 0) is 29.8 Å². The van der Waals surface area contributed by atoms with Gasteiger partial charge < -0.3 is 4.74 Å². The summed E-state index contributed by atoms with van der Waals surface area (Å²) in [5.41, 5.74) is 5.77. The molecule has 0 saturated heterocycles. The molecular weight excluding hydrogens is 328 g/mol. The predicted octanol–water partition coefficient (Wildman–Crippen LogP) is 3.25. The monoisotopic (exact) mass is 344 g/mol. The number of hydrogen-bond donors (Lipinski definition) is 1. The fourth-order valence-corrected chi connectivity index (χ4v) is 2.51. The molecule has 2 heterocycles. The van der Waals surface area contributed by atoms with Crippen molar-refractivity contribution in [1.29, 1.82) is 0 Å². The van der Waals surface area contributed by atoms with Crippen molar-refractivity contribution >= 4 is 17.8 Å². The Labute approximate surface area is 150 Å². The van der Waals surface area contributed by atoms with Gasteiger partial charge in [-0.3, -0.25) is 5.43 Å². The van der Waals surface area contributed by atoms with Gasteiger partial charge in [-0.25, -0.2) is 4.98 Å². The van der Waals surface area contributed by atoms with Gasteiger partial charge in [0.05, 0.1) is 19.0 Å². The fraction of sp³-hybridized carbons (Fsp3) is 0.0526. The molecule has 7 heteroatoms. The van der Waals surface area contributed by atoms with Crippen molar-refractivity contribution in [3.63, 3.8) is 0 Å². The van der Waals surface area contributed by atoms with E-state index in [1.807, 2.05) is 60.7 Å². The number of methoxy groups -OCH3 is 1. The maximum atomic E-state index is 5.15. The predicted molar refractivity (Wildman–Crippen MR) is 100 cm³/mol. The van der Waals surface area contributed by atoms with Crippen LogP contribution >= 0.6 is 0 Å². The van der Waals surface area contributed by atoms with Crippen LogP contribution in [0.1, 0.15) is 5.56 Å². The first kappa shape index (κ1) is 15.8. The lowest BCUT2D eigenvalue weighted by atomic mass is 10.1. The number of rotatable bonds is 5. The van der Waals surface area contributed by atoms with Crippen molar-refractivity contribution in [3.05, 3.63) is 72.6 Å². The molecule has 0 aliphatic rings. The highest BCUT2D eigenvalue weighted by atomic mass is 16.5. The number of hydrogen-bond acceptors (Lipinski definition) is 6. The van der Waals surface area contributed by atoms with Gasteiger partial charge >= 0.3 is 0 Å². The molecule has 0 amide bonds. The average molecular weight is 344 g/mol. The van der Waals surface area contributed by atoms with Gasteiger partial charge in [-0.15, -0.1) is 0 Å². The van der Waals surface area contributed by atoms with Crippen LogP contribution in [0.15, 0.2) is 72.1 Å². The second-order valence-corrected chi connectivity index (χ2v) is 5.51. The molecule has 0 aliphatic carbocycles. The Morgan fingerprint density at radius 3 is 2.65 bits per heavy atom. The molecule has 0 aliphatic heterocycles. The quantitative estimate of drug-likeness (QED) is 0.444. The van der Waals surface area contributed by atoms with Crippen LogP contribution in [-0.2, 0) is 0 Å². The fourth-order valence-electron chi connectivity index (χ4n) is 2.51. The first-order chi connectivity index (χ1) is 12.8. The molecule has 0 bridgehead atoms. The Balaban J connectivity index is 1.62. The van der Waals surface area contributed by atoms with Crippen LogP contribution in [0.4, 0.5) is 5.82 Å². The molecule has 1 N–H and O–H groups in total. The van der Waals surface area contributed by atoms with Crippen molar-refractivity contribution in [3.8, 4) is 17.0 Å². The zero-order valence-electron chi connectivity index (χ0n) is 14.1. The molecule has 0 spiro atoms. The Kier molecular flexibility index (Phi) is 4.26. The van der Waals surface area contributed by atoms with Gasteiger partial charge in [0.25, 0.3) is 5.78 Å². The summed E-state index contributed by atoms with van der Waals surface area (Å²) >= 11 is 0. The van der Waals surface area contributed by atoms with E-state index in [0.717, 1.165) is 22.6 Å². The van der Waals surface area contributed by atoms with Crippen molar-refractivity contribution in [2.75, 3.05) is 12.5 Å². The number of ether oxygens (including phenoxy) is 1. The normalized spacial score (nSPS) is 11.1. The molecular formula is C19H16N6O. The molecule has 4 rings (SSSR count). The molecule has 128 valence electrons. The maximum absolute atomic E-state index is 5.15. The van der Waals surface area contributed by atoms with Crippen LogP contribution in [0.25, 0.3) is 17.0 Å². The number of anilines is 1. The van der Waals surface area contributed by atoms with Crippen molar-refractivity contribution in [1.82, 2.24) is 19.6 Å². The van der Waals surface area contributed by atoms with Crippen LogP contribution in [0, 0.1) is 0 Å². The second kappa shape index (κ2) is 7.02. The van der Waals surface area contributed by atoms with Gasteiger partial charge in [0, 0.05) is 11.6 Å². The SMILES string of the molecule is COc1ccc(/C=N/Nc2cc(-c3ccccc3)nc3ncnn23)cc1. The molecule has 0 fully saturated rings. The number of aromatic nitrogens is 4. The lowest BCUT2D eigenvalue weighted by molar-refractivity contribution is 0.415. The van der Waals surface area contributed by atoms with Gasteiger partial charge in [-0.2, -0.15) is 19.7 Å². The van der Waals surface area contributed by atoms with E-state index in [4.69, 9.17) is 4.74 Å². The average Bonchev–Trinajstić information content (AvgIpc) is 3.18. The van der Waals surface area contributed by atoms with E-state index in [1.54, 1.807) is 17.8 Å². The van der Waals surface area contributed by atoms with Crippen LogP contribution < -0.4 is 10.2 Å². The molecule has 0 saturated carbocycles. The van der Waals surface area contributed by atoms with E-state index in [1.165, 1.54) is 6.33 Å². The Morgan fingerprint density at radius 2 is 1.88 bits per heavy atom. The summed E-state index contributed by atoms with van der Waals surface area (Å²) in [4.78, 5) is 8.72. The third-order valence-corrected chi connectivity index (χ3v) is 3.83. The van der Waals surface area contributed by atoms with Crippen LogP contribution in [0.5, 0.6) is 5.75 Å². The Morgan fingerprint density at radius 1 is 1.08 bits per heavy atom. The maximum Gasteiger partial charge on any atom is 0.254 e. The number of nitrogens with zero attached hydrogens (tertiary/aromatic N) is 5. The largest absolute Gasteiger partial charge is 0.497 e. The van der Waals surface area contributed by atoms with Crippen LogP contribution in [0.3, 0.4) is 0 Å². The van der Waals surface area contributed by atoms with Gasteiger partial charge in [-0.1, -0.05) is 30.3 Å². The minimum Gasteiger partial charge on any atom is -0.497 e. The number of hydrazone groups is 1. The molecule has 0 radical (unpaired) electrons. The second-order valence-electron chi connectivity index (χ2n) is 5.51. The smallest absolute Gasteiger partial charge is 0.254 e. The number of nitrogens with one attached hydrogen (secondary N) is 1. The molecule has 2 aromatic heterocycles. The first-order valence-corrected chi connectivity index (χ1v) is 8.03. The lowest BCUT2D eigenvalue weighted by Gasteiger charge is -2.06. The van der Waals surface area contributed by atoms with Crippen molar-refractivity contribution in [2.45, 2.75) is 0 Å². The van der Waals surface area contributed by atoms with E-state index in [2.05, 4.69) is 25.6 Å². The topological polar surface area (TPSA) is 76.7 Å². The summed E-state index contributed by atoms with van der Waals surface area (Å²) in [6, 6.07) is 19.4. The van der Waals surface area contributed by atoms with Crippen LogP contribution in [-0.4, -0.2) is 32.9 Å². The highest BCUT2D eigenvalue weighted by Crippen LogP contribution is 2.21. The van der Waals surface area contributed by atoms with Crippen molar-refractivity contribution < 1.29 is 4.74 Å². The zero-order valence-corrected chi connectivity index (χ0v) is 14.1. The summed E-state index contributed by atoms with van der Waals surface area (Å²) in [5, 5.41) is 8.49. The minimum absolute atomic E-state index is 0.508. The summed E-state index contributed by atoms with van der Waals surface area (Å²) in [5.74, 6) is 1.99. The number of fused-ring (bicyclic) bond motifs is 1. The summed E-state index contributed by atoms with van der Waals surface area (Å²) < 4.78 is 6.76. The van der Waals surface area contributed by atoms with Gasteiger partial charge in [0.15, 0.2) is 5.82 Å². The standard InChI is InChI=1S/C19H16N6O/c1-26-16-9-7-14(8-10-16)12-21-24-18-11-17(15-5-3-2-4-6-15)23-19-20-13-22-25(18)19/h2-13,24H,1H3/b21-12+. The molecule has 26 heavy (non-hydrogen) atoms. The van der Waals surface area contributed by atoms with Gasteiger partial charge in [0.1, 0.15) is 12.1 Å². The van der Waals surface area contributed by atoms with E-state index in [0.29, 0.717) is 11.6 Å². The summed E-state index contributed by atoms with van der Waals surface area (Å²) in [6.45, 7) is 0. The van der Waals surface area contributed by atoms with E-state index in [-0.39, 0.29) is 0 Å². The Hall–Kier alpha value is -3.74. The van der Waals surface area contributed by atoms with Crippen LogP contribution in [0.2, 0.25) is 0 Å². The zero-order chi connectivity index (χ0) is 17.8. The molecule has 0 unspecified atom stereocenters.